The molecule has 1 aromatic rings. The highest BCUT2D eigenvalue weighted by Crippen LogP contribution is 2.18. The van der Waals surface area contributed by atoms with E-state index in [1.165, 1.54) is 24.0 Å². The minimum Gasteiger partial charge on any atom is -0.374 e. The third-order valence-electron chi connectivity index (χ3n) is 3.10. The molecule has 1 aromatic carbocycles. The van der Waals surface area contributed by atoms with Gasteiger partial charge in [0.2, 0.25) is 0 Å². The Morgan fingerprint density at radius 3 is 2.94 bits per heavy atom. The van der Waals surface area contributed by atoms with Crippen LogP contribution in [0.15, 0.2) is 24.3 Å². The summed E-state index contributed by atoms with van der Waals surface area (Å²) in [6.45, 7) is 6.19. The topological polar surface area (TPSA) is 21.3 Å². The minimum absolute atomic E-state index is 0.416. The van der Waals surface area contributed by atoms with Gasteiger partial charge in [0.15, 0.2) is 0 Å². The van der Waals surface area contributed by atoms with Gasteiger partial charge in [-0.1, -0.05) is 29.8 Å². The molecule has 1 aliphatic heterocycles. The van der Waals surface area contributed by atoms with E-state index in [9.17, 15) is 0 Å². The van der Waals surface area contributed by atoms with Crippen LogP contribution >= 0.6 is 0 Å². The largest absolute Gasteiger partial charge is 0.374 e. The van der Waals surface area contributed by atoms with E-state index in [4.69, 9.17) is 4.74 Å². The molecule has 0 bridgehead atoms. The van der Waals surface area contributed by atoms with Crippen LogP contribution < -0.4 is 5.32 Å². The molecule has 0 radical (unpaired) electrons. The molecular formula is C14H21NO. The Hall–Kier alpha value is -0.860. The van der Waals surface area contributed by atoms with Crippen LogP contribution in [0, 0.1) is 6.92 Å². The first kappa shape index (κ1) is 11.6. The lowest BCUT2D eigenvalue weighted by molar-refractivity contribution is 0.0559. The van der Waals surface area contributed by atoms with Gasteiger partial charge in [-0.25, -0.2) is 0 Å². The molecule has 2 rings (SSSR count). The fraction of sp³-hybridized carbons (Fsp3) is 0.571. The molecule has 16 heavy (non-hydrogen) atoms. The molecule has 2 atom stereocenters. The highest BCUT2D eigenvalue weighted by Gasteiger charge is 2.20. The van der Waals surface area contributed by atoms with E-state index in [1.807, 2.05) is 0 Å². The van der Waals surface area contributed by atoms with Crippen molar-refractivity contribution in [3.05, 3.63) is 35.4 Å². The van der Waals surface area contributed by atoms with Gasteiger partial charge in [-0.05, 0) is 32.3 Å². The van der Waals surface area contributed by atoms with Crippen molar-refractivity contribution in [1.29, 1.82) is 0 Å². The first-order valence-corrected chi connectivity index (χ1v) is 6.16. The van der Waals surface area contributed by atoms with Gasteiger partial charge < -0.3 is 10.1 Å². The summed E-state index contributed by atoms with van der Waals surface area (Å²) in [5, 5.41) is 3.47. The second-order valence-electron chi connectivity index (χ2n) is 4.77. The van der Waals surface area contributed by atoms with Gasteiger partial charge in [-0.2, -0.15) is 0 Å². The van der Waals surface area contributed by atoms with Gasteiger partial charge in [0, 0.05) is 13.1 Å². The van der Waals surface area contributed by atoms with Crippen molar-refractivity contribution in [2.75, 3.05) is 6.54 Å². The van der Waals surface area contributed by atoms with Crippen molar-refractivity contribution in [1.82, 2.24) is 5.32 Å². The number of rotatable bonds is 4. The van der Waals surface area contributed by atoms with Crippen LogP contribution in [0.2, 0.25) is 0 Å². The van der Waals surface area contributed by atoms with Crippen molar-refractivity contribution in [2.24, 2.45) is 0 Å². The predicted octanol–water partition coefficient (Wildman–Crippen LogP) is 2.65. The Morgan fingerprint density at radius 2 is 2.25 bits per heavy atom. The Kier molecular flexibility index (Phi) is 3.97. The average Bonchev–Trinajstić information content (AvgIpc) is 2.64. The number of ether oxygens (including phenoxy) is 1. The summed E-state index contributed by atoms with van der Waals surface area (Å²) in [6, 6.07) is 8.63. The van der Waals surface area contributed by atoms with Crippen molar-refractivity contribution in [3.63, 3.8) is 0 Å². The van der Waals surface area contributed by atoms with Crippen molar-refractivity contribution in [3.8, 4) is 0 Å². The Bertz CT molecular complexity index is 337. The van der Waals surface area contributed by atoms with E-state index in [1.54, 1.807) is 0 Å². The molecule has 1 aliphatic rings. The second-order valence-corrected chi connectivity index (χ2v) is 4.77. The summed E-state index contributed by atoms with van der Waals surface area (Å²) in [6.07, 6.45) is 3.27. The molecule has 1 fully saturated rings. The summed E-state index contributed by atoms with van der Waals surface area (Å²) in [7, 11) is 0. The summed E-state index contributed by atoms with van der Waals surface area (Å²) in [5.74, 6) is 0. The van der Waals surface area contributed by atoms with E-state index in [2.05, 4.69) is 43.4 Å². The molecule has 2 nitrogen and oxygen atoms in total. The van der Waals surface area contributed by atoms with Crippen LogP contribution in [-0.4, -0.2) is 18.8 Å². The van der Waals surface area contributed by atoms with Crippen molar-refractivity contribution >= 4 is 0 Å². The number of hydrogen-bond donors (Lipinski definition) is 1. The summed E-state index contributed by atoms with van der Waals surface area (Å²) in [4.78, 5) is 0. The Balaban J connectivity index is 1.72. The van der Waals surface area contributed by atoms with E-state index in [-0.39, 0.29) is 0 Å². The van der Waals surface area contributed by atoms with Gasteiger partial charge in [0.05, 0.1) is 12.2 Å². The smallest absolute Gasteiger partial charge is 0.0704 e. The Morgan fingerprint density at radius 1 is 1.38 bits per heavy atom. The van der Waals surface area contributed by atoms with E-state index in [0.717, 1.165) is 13.1 Å². The van der Waals surface area contributed by atoms with Gasteiger partial charge in [0.25, 0.3) is 0 Å². The second kappa shape index (κ2) is 5.46. The zero-order valence-electron chi connectivity index (χ0n) is 10.2. The highest BCUT2D eigenvalue weighted by molar-refractivity contribution is 5.21. The molecule has 1 saturated heterocycles. The quantitative estimate of drug-likeness (QED) is 0.840. The lowest BCUT2D eigenvalue weighted by Crippen LogP contribution is -2.26. The number of aryl methyl sites for hydroxylation is 1. The third kappa shape index (κ3) is 3.32. The number of nitrogens with one attached hydrogen (secondary N) is 1. The van der Waals surface area contributed by atoms with Crippen LogP contribution in [0.4, 0.5) is 0 Å². The molecule has 2 unspecified atom stereocenters. The Labute approximate surface area is 98.0 Å². The molecule has 0 saturated carbocycles. The zero-order chi connectivity index (χ0) is 11.4. The number of benzene rings is 1. The normalized spacial score (nSPS) is 24.9. The maximum absolute atomic E-state index is 5.76. The first-order chi connectivity index (χ1) is 7.74. The van der Waals surface area contributed by atoms with Crippen molar-refractivity contribution in [2.45, 2.75) is 45.4 Å². The summed E-state index contributed by atoms with van der Waals surface area (Å²) < 4.78 is 5.76. The molecule has 2 heteroatoms. The van der Waals surface area contributed by atoms with Gasteiger partial charge in [-0.3, -0.25) is 0 Å². The molecule has 0 aromatic heterocycles. The zero-order valence-corrected chi connectivity index (χ0v) is 10.2. The van der Waals surface area contributed by atoms with Crippen LogP contribution in [0.25, 0.3) is 0 Å². The van der Waals surface area contributed by atoms with Crippen LogP contribution in [-0.2, 0) is 11.3 Å². The molecule has 88 valence electrons. The molecule has 1 heterocycles. The van der Waals surface area contributed by atoms with Crippen LogP contribution in [0.5, 0.6) is 0 Å². The van der Waals surface area contributed by atoms with Gasteiger partial charge in [-0.15, -0.1) is 0 Å². The maximum Gasteiger partial charge on any atom is 0.0704 e. The lowest BCUT2D eigenvalue weighted by atomic mass is 10.1. The van der Waals surface area contributed by atoms with E-state index >= 15 is 0 Å². The van der Waals surface area contributed by atoms with E-state index in [0.29, 0.717) is 12.2 Å². The molecular weight excluding hydrogens is 198 g/mol. The third-order valence-corrected chi connectivity index (χ3v) is 3.10. The summed E-state index contributed by atoms with van der Waals surface area (Å²) in [5.41, 5.74) is 2.68. The van der Waals surface area contributed by atoms with Crippen LogP contribution in [0.1, 0.15) is 30.9 Å². The highest BCUT2D eigenvalue weighted by atomic mass is 16.5. The van der Waals surface area contributed by atoms with Gasteiger partial charge >= 0.3 is 0 Å². The lowest BCUT2D eigenvalue weighted by Gasteiger charge is -2.12. The maximum atomic E-state index is 5.76. The molecule has 1 N–H and O–H groups in total. The number of hydrogen-bond acceptors (Lipinski definition) is 2. The SMILES string of the molecule is Cc1cccc(CNCC2CCC(C)O2)c1. The summed E-state index contributed by atoms with van der Waals surface area (Å²) >= 11 is 0. The molecule has 0 amide bonds. The fourth-order valence-corrected chi connectivity index (χ4v) is 2.23. The molecule has 0 spiro atoms. The van der Waals surface area contributed by atoms with Crippen molar-refractivity contribution < 1.29 is 4.74 Å². The fourth-order valence-electron chi connectivity index (χ4n) is 2.23. The van der Waals surface area contributed by atoms with Crippen LogP contribution in [0.3, 0.4) is 0 Å². The van der Waals surface area contributed by atoms with E-state index < -0.39 is 0 Å². The average molecular weight is 219 g/mol. The first-order valence-electron chi connectivity index (χ1n) is 6.16. The predicted molar refractivity (Wildman–Crippen MR) is 66.5 cm³/mol. The minimum atomic E-state index is 0.416. The monoisotopic (exact) mass is 219 g/mol. The molecule has 0 aliphatic carbocycles. The standard InChI is InChI=1S/C14H21NO/c1-11-4-3-5-13(8-11)9-15-10-14-7-6-12(2)16-14/h3-5,8,12,14-15H,6-7,9-10H2,1-2H3. The van der Waals surface area contributed by atoms with Gasteiger partial charge in [0.1, 0.15) is 0 Å².